The zero-order valence-electron chi connectivity index (χ0n) is 13.5. The lowest BCUT2D eigenvalue weighted by Gasteiger charge is -2.24. The number of rotatable bonds is 5. The van der Waals surface area contributed by atoms with Crippen molar-refractivity contribution < 1.29 is 22.8 Å². The van der Waals surface area contributed by atoms with E-state index in [0.29, 0.717) is 4.90 Å². The molecule has 0 radical (unpaired) electrons. The minimum absolute atomic E-state index is 0.257. The van der Waals surface area contributed by atoms with Gasteiger partial charge in [-0.3, -0.25) is 14.0 Å². The summed E-state index contributed by atoms with van der Waals surface area (Å²) in [6, 6.07) is 4.72. The molecule has 2 amide bonds. The minimum Gasteiger partial charge on any atom is -0.347 e. The Balaban J connectivity index is 2.24. The van der Waals surface area contributed by atoms with E-state index >= 15 is 0 Å². The van der Waals surface area contributed by atoms with Crippen LogP contribution in [0.4, 0.5) is 13.2 Å². The monoisotopic (exact) mass is 359 g/mol. The van der Waals surface area contributed by atoms with E-state index in [1.54, 1.807) is 12.1 Å². The summed E-state index contributed by atoms with van der Waals surface area (Å²) in [6.07, 6.45) is -3.25. The second-order valence-electron chi connectivity index (χ2n) is 5.52. The van der Waals surface area contributed by atoms with E-state index in [-0.39, 0.29) is 5.65 Å². The summed E-state index contributed by atoms with van der Waals surface area (Å²) in [6.45, 7) is -3.03. The second-order valence-corrected chi connectivity index (χ2v) is 5.52. The van der Waals surface area contributed by atoms with Crippen molar-refractivity contribution >= 4 is 17.5 Å². The van der Waals surface area contributed by atoms with Gasteiger partial charge in [-0.1, -0.05) is 6.07 Å². The van der Waals surface area contributed by atoms with Crippen LogP contribution in [0.5, 0.6) is 0 Å². The Morgan fingerprint density at radius 1 is 1.20 bits per heavy atom. The summed E-state index contributed by atoms with van der Waals surface area (Å²) < 4.78 is 40.0. The molecule has 0 fully saturated rings. The fourth-order valence-corrected chi connectivity index (χ4v) is 2.05. The molecule has 0 spiro atoms. The Labute approximate surface area is 140 Å². The largest absolute Gasteiger partial charge is 0.406 e. The maximum Gasteiger partial charge on any atom is 0.406 e. The molecular weight excluding hydrogens is 343 g/mol. The van der Waals surface area contributed by atoms with Crippen molar-refractivity contribution in [2.75, 3.05) is 27.2 Å². The maximum atomic E-state index is 12.7. The molecule has 0 bridgehead atoms. The summed E-state index contributed by atoms with van der Waals surface area (Å²) in [7, 11) is 2.73. The van der Waals surface area contributed by atoms with Crippen LogP contribution >= 0.6 is 0 Å². The van der Waals surface area contributed by atoms with E-state index in [1.165, 1.54) is 26.4 Å². The zero-order chi connectivity index (χ0) is 18.8. The van der Waals surface area contributed by atoms with E-state index < -0.39 is 43.3 Å². The summed E-state index contributed by atoms with van der Waals surface area (Å²) >= 11 is 0. The van der Waals surface area contributed by atoms with Gasteiger partial charge in [0, 0.05) is 20.3 Å². The first-order chi connectivity index (χ1) is 11.6. The Morgan fingerprint density at radius 3 is 2.44 bits per heavy atom. The summed E-state index contributed by atoms with van der Waals surface area (Å²) in [5.41, 5.74) is -0.401. The van der Waals surface area contributed by atoms with Crippen LogP contribution in [0.2, 0.25) is 0 Å². The lowest BCUT2D eigenvalue weighted by Crippen LogP contribution is -2.46. The van der Waals surface area contributed by atoms with Gasteiger partial charge in [-0.25, -0.2) is 9.48 Å². The SMILES string of the molecule is CN(C)C(=O)CN(CC(F)(F)F)C(=O)Cn1nc2ccccn2c1=O. The highest BCUT2D eigenvalue weighted by Gasteiger charge is 2.34. The van der Waals surface area contributed by atoms with Gasteiger partial charge in [0.2, 0.25) is 11.8 Å². The van der Waals surface area contributed by atoms with E-state index in [1.807, 2.05) is 0 Å². The van der Waals surface area contributed by atoms with Crippen molar-refractivity contribution in [1.82, 2.24) is 24.0 Å². The Morgan fingerprint density at radius 2 is 1.88 bits per heavy atom. The number of fused-ring (bicyclic) bond motifs is 1. The Hall–Kier alpha value is -2.85. The van der Waals surface area contributed by atoms with Crippen LogP contribution in [0, 0.1) is 0 Å². The van der Waals surface area contributed by atoms with Crippen LogP contribution in [-0.4, -0.2) is 69.2 Å². The van der Waals surface area contributed by atoms with Crippen molar-refractivity contribution in [3.05, 3.63) is 34.9 Å². The Kier molecular flexibility index (Phi) is 5.14. The molecule has 2 aromatic heterocycles. The third-order valence-corrected chi connectivity index (χ3v) is 3.32. The van der Waals surface area contributed by atoms with Crippen molar-refractivity contribution in [2.24, 2.45) is 0 Å². The Bertz CT molecular complexity index is 840. The van der Waals surface area contributed by atoms with Crippen LogP contribution in [0.25, 0.3) is 5.65 Å². The lowest BCUT2D eigenvalue weighted by molar-refractivity contribution is -0.164. The first-order valence-corrected chi connectivity index (χ1v) is 7.17. The van der Waals surface area contributed by atoms with Gasteiger partial charge in [0.05, 0.1) is 0 Å². The van der Waals surface area contributed by atoms with Crippen molar-refractivity contribution in [3.63, 3.8) is 0 Å². The minimum atomic E-state index is -4.67. The molecule has 2 aromatic rings. The molecule has 0 aliphatic carbocycles. The number of halogens is 3. The van der Waals surface area contributed by atoms with Crippen LogP contribution in [-0.2, 0) is 16.1 Å². The molecule has 2 heterocycles. The smallest absolute Gasteiger partial charge is 0.347 e. The zero-order valence-corrected chi connectivity index (χ0v) is 13.5. The van der Waals surface area contributed by atoms with E-state index in [2.05, 4.69) is 5.10 Å². The number of amides is 2. The van der Waals surface area contributed by atoms with Gasteiger partial charge in [0.15, 0.2) is 5.65 Å². The number of likely N-dealkylation sites (N-methyl/N-ethyl adjacent to an activating group) is 1. The first kappa shape index (κ1) is 18.5. The van der Waals surface area contributed by atoms with Crippen LogP contribution in [0.15, 0.2) is 29.2 Å². The van der Waals surface area contributed by atoms with Crippen molar-refractivity contribution in [2.45, 2.75) is 12.7 Å². The van der Waals surface area contributed by atoms with E-state index in [9.17, 15) is 27.6 Å². The number of hydrogen-bond acceptors (Lipinski definition) is 4. The standard InChI is InChI=1S/C14H16F3N5O3/c1-19(2)11(23)7-20(9-14(15,16)17)12(24)8-22-13(25)21-6-4-3-5-10(21)18-22/h3-6H,7-9H2,1-2H3. The highest BCUT2D eigenvalue weighted by atomic mass is 19.4. The molecule has 0 aromatic carbocycles. The highest BCUT2D eigenvalue weighted by molar-refractivity contribution is 5.84. The van der Waals surface area contributed by atoms with Gasteiger partial charge < -0.3 is 9.80 Å². The van der Waals surface area contributed by atoms with Crippen LogP contribution in [0.3, 0.4) is 0 Å². The number of carbonyl (C=O) groups excluding carboxylic acids is 2. The van der Waals surface area contributed by atoms with E-state index in [4.69, 9.17) is 0 Å². The molecule has 0 unspecified atom stereocenters. The number of alkyl halides is 3. The van der Waals surface area contributed by atoms with Crippen LogP contribution < -0.4 is 5.69 Å². The molecule has 25 heavy (non-hydrogen) atoms. The fourth-order valence-electron chi connectivity index (χ4n) is 2.05. The van der Waals surface area contributed by atoms with Gasteiger partial charge in [-0.2, -0.15) is 13.2 Å². The average Bonchev–Trinajstić information content (AvgIpc) is 2.81. The molecule has 0 atom stereocenters. The average molecular weight is 359 g/mol. The summed E-state index contributed by atoms with van der Waals surface area (Å²) in [5, 5.41) is 3.89. The quantitative estimate of drug-likeness (QED) is 0.751. The first-order valence-electron chi connectivity index (χ1n) is 7.17. The molecule has 11 heteroatoms. The maximum absolute atomic E-state index is 12.7. The van der Waals surface area contributed by atoms with Crippen molar-refractivity contribution in [1.29, 1.82) is 0 Å². The summed E-state index contributed by atoms with van der Waals surface area (Å²) in [4.78, 5) is 37.4. The predicted octanol–water partition coefficient (Wildman–Crippen LogP) is -0.0249. The third kappa shape index (κ3) is 4.58. The third-order valence-electron chi connectivity index (χ3n) is 3.32. The van der Waals surface area contributed by atoms with Gasteiger partial charge >= 0.3 is 11.9 Å². The van der Waals surface area contributed by atoms with Gasteiger partial charge in [0.1, 0.15) is 19.6 Å². The number of pyridine rings is 1. The number of aromatic nitrogens is 3. The molecule has 0 aliphatic rings. The molecule has 2 rings (SSSR count). The molecule has 0 saturated carbocycles. The fraction of sp³-hybridized carbons (Fsp3) is 0.429. The molecular formula is C14H16F3N5O3. The molecule has 0 saturated heterocycles. The van der Waals surface area contributed by atoms with Gasteiger partial charge in [-0.05, 0) is 12.1 Å². The molecule has 8 nitrogen and oxygen atoms in total. The molecule has 0 N–H and O–H groups in total. The number of nitrogens with zero attached hydrogens (tertiary/aromatic N) is 5. The highest BCUT2D eigenvalue weighted by Crippen LogP contribution is 2.16. The normalized spacial score (nSPS) is 11.6. The number of hydrogen-bond donors (Lipinski definition) is 0. The van der Waals surface area contributed by atoms with Gasteiger partial charge in [-0.15, -0.1) is 5.10 Å². The van der Waals surface area contributed by atoms with Crippen molar-refractivity contribution in [3.8, 4) is 0 Å². The van der Waals surface area contributed by atoms with Gasteiger partial charge in [0.25, 0.3) is 0 Å². The second kappa shape index (κ2) is 6.95. The van der Waals surface area contributed by atoms with E-state index in [0.717, 1.165) is 14.0 Å². The lowest BCUT2D eigenvalue weighted by atomic mass is 10.4. The summed E-state index contributed by atoms with van der Waals surface area (Å²) in [5.74, 6) is -1.70. The predicted molar refractivity (Wildman–Crippen MR) is 80.8 cm³/mol. The molecule has 136 valence electrons. The van der Waals surface area contributed by atoms with Crippen LogP contribution in [0.1, 0.15) is 0 Å². The number of carbonyl (C=O) groups is 2. The molecule has 0 aliphatic heterocycles. The topological polar surface area (TPSA) is 79.9 Å².